The molecule has 0 radical (unpaired) electrons. The van der Waals surface area contributed by atoms with Crippen molar-refractivity contribution in [2.45, 2.75) is 32.1 Å². The first-order valence-corrected chi connectivity index (χ1v) is 7.22. The lowest BCUT2D eigenvalue weighted by molar-refractivity contribution is 0.238. The molecular formula is C16H24N2O2. The molecule has 0 saturated heterocycles. The average Bonchev–Trinajstić information content (AvgIpc) is 3.24. The molecule has 20 heavy (non-hydrogen) atoms. The highest BCUT2D eigenvalue weighted by molar-refractivity contribution is 5.74. The molecule has 2 rings (SSSR count). The summed E-state index contributed by atoms with van der Waals surface area (Å²) in [5.41, 5.74) is 1.26. The standard InChI is InChI=1S/C16H24N2O2/c1-12(2)10-17-15(19)18-11-16(8-9-16)13-6-4-5-7-14(13)20-3/h4-7,12H,8-11H2,1-3H3,(H2,17,18,19). The third kappa shape index (κ3) is 3.44. The largest absolute Gasteiger partial charge is 0.496 e. The van der Waals surface area contributed by atoms with E-state index in [-0.39, 0.29) is 11.4 Å². The SMILES string of the molecule is COc1ccccc1C1(CNC(=O)NCC(C)C)CC1. The molecule has 0 aromatic heterocycles. The fraction of sp³-hybridized carbons (Fsp3) is 0.562. The van der Waals surface area contributed by atoms with Crippen molar-refractivity contribution in [3.63, 3.8) is 0 Å². The minimum atomic E-state index is -0.0835. The molecule has 0 spiro atoms. The number of carbonyl (C=O) groups excluding carboxylic acids is 1. The first-order valence-electron chi connectivity index (χ1n) is 7.22. The number of carbonyl (C=O) groups is 1. The number of amides is 2. The van der Waals surface area contributed by atoms with Crippen molar-refractivity contribution in [2.24, 2.45) is 5.92 Å². The number of hydrogen-bond acceptors (Lipinski definition) is 2. The van der Waals surface area contributed by atoms with E-state index >= 15 is 0 Å². The highest BCUT2D eigenvalue weighted by Crippen LogP contribution is 2.50. The monoisotopic (exact) mass is 276 g/mol. The molecule has 1 aromatic carbocycles. The predicted molar refractivity (Wildman–Crippen MR) is 80.1 cm³/mol. The molecule has 2 N–H and O–H groups in total. The molecule has 1 saturated carbocycles. The Labute approximate surface area is 120 Å². The van der Waals surface area contributed by atoms with Crippen LogP contribution in [0.2, 0.25) is 0 Å². The zero-order valence-corrected chi connectivity index (χ0v) is 12.5. The van der Waals surface area contributed by atoms with Crippen LogP contribution in [-0.2, 0) is 5.41 Å². The third-order valence-corrected chi connectivity index (χ3v) is 3.79. The summed E-state index contributed by atoms with van der Waals surface area (Å²) in [6.45, 7) is 5.53. The Hall–Kier alpha value is -1.71. The Morgan fingerprint density at radius 2 is 2.00 bits per heavy atom. The van der Waals surface area contributed by atoms with Crippen LogP contribution in [0.5, 0.6) is 5.75 Å². The minimum absolute atomic E-state index is 0.0573. The Bertz CT molecular complexity index is 467. The van der Waals surface area contributed by atoms with Crippen molar-refractivity contribution in [1.29, 1.82) is 0 Å². The number of methoxy groups -OCH3 is 1. The van der Waals surface area contributed by atoms with Gasteiger partial charge in [0.1, 0.15) is 5.75 Å². The van der Waals surface area contributed by atoms with Crippen molar-refractivity contribution in [2.75, 3.05) is 20.2 Å². The average molecular weight is 276 g/mol. The molecule has 0 unspecified atom stereocenters. The van der Waals surface area contributed by atoms with Crippen molar-refractivity contribution < 1.29 is 9.53 Å². The van der Waals surface area contributed by atoms with E-state index in [1.54, 1.807) is 7.11 Å². The highest BCUT2D eigenvalue weighted by Gasteiger charge is 2.46. The summed E-state index contributed by atoms with van der Waals surface area (Å²) in [6, 6.07) is 7.99. The van der Waals surface area contributed by atoms with Gasteiger partial charge in [0, 0.05) is 24.1 Å². The van der Waals surface area contributed by atoms with Crippen molar-refractivity contribution in [3.05, 3.63) is 29.8 Å². The van der Waals surface area contributed by atoms with Crippen molar-refractivity contribution in [1.82, 2.24) is 10.6 Å². The number of benzene rings is 1. The van der Waals surface area contributed by atoms with Gasteiger partial charge in [0.25, 0.3) is 0 Å². The van der Waals surface area contributed by atoms with Crippen molar-refractivity contribution >= 4 is 6.03 Å². The molecule has 4 heteroatoms. The lowest BCUT2D eigenvalue weighted by Gasteiger charge is -2.19. The quantitative estimate of drug-likeness (QED) is 0.839. The lowest BCUT2D eigenvalue weighted by atomic mass is 9.95. The molecule has 0 bridgehead atoms. The number of nitrogens with one attached hydrogen (secondary N) is 2. The molecule has 110 valence electrons. The Morgan fingerprint density at radius 1 is 1.30 bits per heavy atom. The molecule has 2 amide bonds. The third-order valence-electron chi connectivity index (χ3n) is 3.79. The molecule has 4 nitrogen and oxygen atoms in total. The number of para-hydroxylation sites is 1. The number of hydrogen-bond donors (Lipinski definition) is 2. The normalized spacial score (nSPS) is 15.8. The van der Waals surface area contributed by atoms with E-state index in [1.807, 2.05) is 18.2 Å². The summed E-state index contributed by atoms with van der Waals surface area (Å²) in [6.07, 6.45) is 2.19. The van der Waals surface area contributed by atoms with E-state index in [9.17, 15) is 4.79 Å². The van der Waals surface area contributed by atoms with Crippen LogP contribution in [-0.4, -0.2) is 26.2 Å². The van der Waals surface area contributed by atoms with Crippen molar-refractivity contribution in [3.8, 4) is 5.75 Å². The first kappa shape index (κ1) is 14.7. The van der Waals surface area contributed by atoms with Gasteiger partial charge in [-0.25, -0.2) is 4.79 Å². The van der Waals surface area contributed by atoms with Gasteiger partial charge in [-0.2, -0.15) is 0 Å². The topological polar surface area (TPSA) is 50.4 Å². The molecule has 1 aliphatic carbocycles. The molecule has 1 aliphatic rings. The maximum absolute atomic E-state index is 11.8. The van der Waals surface area contributed by atoms with Crippen LogP contribution >= 0.6 is 0 Å². The van der Waals surface area contributed by atoms with Gasteiger partial charge in [-0.05, 0) is 24.8 Å². The molecule has 0 heterocycles. The fourth-order valence-electron chi connectivity index (χ4n) is 2.38. The Kier molecular flexibility index (Phi) is 4.53. The van der Waals surface area contributed by atoms with Crippen LogP contribution in [0.25, 0.3) is 0 Å². The van der Waals surface area contributed by atoms with Gasteiger partial charge in [-0.3, -0.25) is 0 Å². The van der Waals surface area contributed by atoms with Gasteiger partial charge in [0.15, 0.2) is 0 Å². The van der Waals surface area contributed by atoms with E-state index in [4.69, 9.17) is 4.74 Å². The summed E-state index contributed by atoms with van der Waals surface area (Å²) in [7, 11) is 1.69. The highest BCUT2D eigenvalue weighted by atomic mass is 16.5. The van der Waals surface area contributed by atoms with Gasteiger partial charge in [0.2, 0.25) is 0 Å². The van der Waals surface area contributed by atoms with E-state index in [2.05, 4.69) is 30.5 Å². The van der Waals surface area contributed by atoms with Gasteiger partial charge < -0.3 is 15.4 Å². The van der Waals surface area contributed by atoms with Crippen LogP contribution in [0.3, 0.4) is 0 Å². The zero-order chi connectivity index (χ0) is 14.6. The van der Waals surface area contributed by atoms with Crippen LogP contribution in [0.4, 0.5) is 4.79 Å². The summed E-state index contributed by atoms with van der Waals surface area (Å²) in [5, 5.41) is 5.87. The second-order valence-corrected chi connectivity index (χ2v) is 5.94. The second-order valence-electron chi connectivity index (χ2n) is 5.94. The minimum Gasteiger partial charge on any atom is -0.496 e. The summed E-state index contributed by atoms with van der Waals surface area (Å²) < 4.78 is 5.43. The van der Waals surface area contributed by atoms with E-state index in [1.165, 1.54) is 5.56 Å². The first-order chi connectivity index (χ1) is 9.57. The zero-order valence-electron chi connectivity index (χ0n) is 12.5. The van der Waals surface area contributed by atoms with E-state index < -0.39 is 0 Å². The summed E-state index contributed by atoms with van der Waals surface area (Å²) in [5.74, 6) is 1.37. The summed E-state index contributed by atoms with van der Waals surface area (Å²) >= 11 is 0. The molecule has 0 aliphatic heterocycles. The van der Waals surface area contributed by atoms with Gasteiger partial charge in [-0.15, -0.1) is 0 Å². The smallest absolute Gasteiger partial charge is 0.314 e. The maximum Gasteiger partial charge on any atom is 0.314 e. The molecule has 0 atom stereocenters. The molecule has 1 fully saturated rings. The molecular weight excluding hydrogens is 252 g/mol. The maximum atomic E-state index is 11.8. The summed E-state index contributed by atoms with van der Waals surface area (Å²) in [4.78, 5) is 11.8. The number of ether oxygens (including phenoxy) is 1. The molecule has 1 aromatic rings. The predicted octanol–water partition coefficient (Wildman–Crippen LogP) is 2.68. The second kappa shape index (κ2) is 6.16. The van der Waals surface area contributed by atoms with Crippen LogP contribution in [0.15, 0.2) is 24.3 Å². The lowest BCUT2D eigenvalue weighted by Crippen LogP contribution is -2.41. The Balaban J connectivity index is 1.93. The fourth-order valence-corrected chi connectivity index (χ4v) is 2.38. The Morgan fingerprint density at radius 3 is 2.60 bits per heavy atom. The van der Waals surface area contributed by atoms with Gasteiger partial charge in [0.05, 0.1) is 7.11 Å². The van der Waals surface area contributed by atoms with Crippen LogP contribution < -0.4 is 15.4 Å². The van der Waals surface area contributed by atoms with Gasteiger partial charge in [-0.1, -0.05) is 32.0 Å². The number of urea groups is 1. The van der Waals surface area contributed by atoms with E-state index in [0.717, 1.165) is 18.6 Å². The van der Waals surface area contributed by atoms with E-state index in [0.29, 0.717) is 19.0 Å². The van der Waals surface area contributed by atoms with Crippen LogP contribution in [0.1, 0.15) is 32.3 Å². The van der Waals surface area contributed by atoms with Gasteiger partial charge >= 0.3 is 6.03 Å². The number of rotatable bonds is 6. The van der Waals surface area contributed by atoms with Crippen LogP contribution in [0, 0.1) is 5.92 Å².